The molecule has 0 aromatic heterocycles. The number of nitrogens with one attached hydrogen (secondary N) is 1. The van der Waals surface area contributed by atoms with Crippen molar-refractivity contribution < 1.29 is 4.79 Å². The highest BCUT2D eigenvalue weighted by atomic mass is 16.2. The molecule has 5 heteroatoms. The van der Waals surface area contributed by atoms with Crippen molar-refractivity contribution in [1.82, 2.24) is 20.0 Å². The van der Waals surface area contributed by atoms with Crippen molar-refractivity contribution in [3.63, 3.8) is 0 Å². The van der Waals surface area contributed by atoms with E-state index in [2.05, 4.69) is 61.6 Å². The number of piperidine rings is 1. The minimum Gasteiger partial charge on any atom is -0.355 e. The molecule has 0 spiro atoms. The maximum absolute atomic E-state index is 13.2. The molecule has 2 aliphatic rings. The lowest BCUT2D eigenvalue weighted by Crippen LogP contribution is -2.59. The van der Waals surface area contributed by atoms with E-state index < -0.39 is 0 Å². The predicted octanol–water partition coefficient (Wildman–Crippen LogP) is 2.28. The van der Waals surface area contributed by atoms with E-state index in [0.29, 0.717) is 23.9 Å². The third kappa shape index (κ3) is 5.43. The summed E-state index contributed by atoms with van der Waals surface area (Å²) in [6.45, 7) is 21.6. The van der Waals surface area contributed by atoms with Gasteiger partial charge < -0.3 is 10.2 Å². The molecule has 2 rings (SSSR count). The van der Waals surface area contributed by atoms with Gasteiger partial charge in [-0.15, -0.1) is 0 Å². The van der Waals surface area contributed by atoms with Gasteiger partial charge in [-0.2, -0.15) is 0 Å². The molecular weight excluding hydrogens is 324 g/mol. The summed E-state index contributed by atoms with van der Waals surface area (Å²) in [5.74, 6) is 0.792. The molecule has 5 nitrogen and oxygen atoms in total. The Balaban J connectivity index is 2.05. The van der Waals surface area contributed by atoms with Crippen LogP contribution in [0.15, 0.2) is 0 Å². The second kappa shape index (κ2) is 9.52. The molecule has 0 aromatic rings. The summed E-state index contributed by atoms with van der Waals surface area (Å²) in [6, 6.07) is 1.15. The lowest BCUT2D eigenvalue weighted by Gasteiger charge is -2.47. The third-order valence-corrected chi connectivity index (χ3v) is 6.42. The van der Waals surface area contributed by atoms with E-state index in [0.717, 1.165) is 65.2 Å². The van der Waals surface area contributed by atoms with Gasteiger partial charge in [0.15, 0.2) is 0 Å². The van der Waals surface area contributed by atoms with Crippen LogP contribution in [0.5, 0.6) is 0 Å². The molecule has 2 saturated heterocycles. The smallest absolute Gasteiger partial charge is 0.227 e. The Morgan fingerprint density at radius 3 is 2.27 bits per heavy atom. The van der Waals surface area contributed by atoms with Gasteiger partial charge in [0, 0.05) is 44.8 Å². The highest BCUT2D eigenvalue weighted by Crippen LogP contribution is 2.34. The van der Waals surface area contributed by atoms with E-state index in [1.54, 1.807) is 0 Å². The Hall–Kier alpha value is -0.650. The van der Waals surface area contributed by atoms with Gasteiger partial charge in [-0.05, 0) is 59.2 Å². The van der Waals surface area contributed by atoms with Crippen LogP contribution >= 0.6 is 0 Å². The zero-order valence-corrected chi connectivity index (χ0v) is 18.1. The molecule has 1 N–H and O–H groups in total. The fourth-order valence-electron chi connectivity index (χ4n) is 4.52. The number of likely N-dealkylation sites (N-methyl/N-ethyl adjacent to an activating group) is 1. The van der Waals surface area contributed by atoms with Gasteiger partial charge in [0.05, 0.1) is 5.41 Å². The molecule has 0 saturated carbocycles. The van der Waals surface area contributed by atoms with Gasteiger partial charge in [0.2, 0.25) is 5.91 Å². The molecule has 0 bridgehead atoms. The molecule has 2 fully saturated rings. The van der Waals surface area contributed by atoms with Crippen LogP contribution in [0.4, 0.5) is 0 Å². The van der Waals surface area contributed by atoms with E-state index in [9.17, 15) is 4.79 Å². The molecule has 2 aliphatic heterocycles. The van der Waals surface area contributed by atoms with E-state index in [-0.39, 0.29) is 5.41 Å². The van der Waals surface area contributed by atoms with Crippen molar-refractivity contribution in [1.29, 1.82) is 0 Å². The Morgan fingerprint density at radius 1 is 1.12 bits per heavy atom. The van der Waals surface area contributed by atoms with Gasteiger partial charge in [-0.1, -0.05) is 20.8 Å². The maximum atomic E-state index is 13.2. The van der Waals surface area contributed by atoms with Gasteiger partial charge >= 0.3 is 0 Å². The first-order valence-corrected chi connectivity index (χ1v) is 10.8. The number of hydrogen-bond acceptors (Lipinski definition) is 4. The zero-order valence-electron chi connectivity index (χ0n) is 18.1. The molecule has 2 heterocycles. The first-order chi connectivity index (χ1) is 12.3. The van der Waals surface area contributed by atoms with Crippen molar-refractivity contribution in [3.8, 4) is 0 Å². The second-order valence-electron chi connectivity index (χ2n) is 9.23. The normalized spacial score (nSPS) is 25.8. The standard InChI is InChI=1S/C21H42N4O/c1-7-24-13-12-23(15-19(24)6)16-21(20(26)22-14-17(2)3)8-10-25(11-9-21)18(4)5/h17-19H,7-16H2,1-6H3,(H,22,26). The van der Waals surface area contributed by atoms with Crippen molar-refractivity contribution in [3.05, 3.63) is 0 Å². The van der Waals surface area contributed by atoms with Gasteiger partial charge in [-0.3, -0.25) is 14.6 Å². The fraction of sp³-hybridized carbons (Fsp3) is 0.952. The largest absolute Gasteiger partial charge is 0.355 e. The number of carbonyl (C=O) groups excluding carboxylic acids is 1. The Bertz CT molecular complexity index is 443. The van der Waals surface area contributed by atoms with Crippen LogP contribution in [0, 0.1) is 11.3 Å². The molecular formula is C21H42N4O. The van der Waals surface area contributed by atoms with Crippen LogP contribution in [0.2, 0.25) is 0 Å². The molecule has 1 amide bonds. The molecule has 26 heavy (non-hydrogen) atoms. The van der Waals surface area contributed by atoms with Crippen LogP contribution in [-0.2, 0) is 4.79 Å². The first kappa shape index (κ1) is 21.6. The minimum atomic E-state index is -0.214. The molecule has 0 radical (unpaired) electrons. The number of amides is 1. The number of likely N-dealkylation sites (tertiary alicyclic amines) is 1. The van der Waals surface area contributed by atoms with E-state index in [4.69, 9.17) is 0 Å². The van der Waals surface area contributed by atoms with Crippen LogP contribution in [0.25, 0.3) is 0 Å². The van der Waals surface area contributed by atoms with E-state index in [1.165, 1.54) is 0 Å². The van der Waals surface area contributed by atoms with Crippen LogP contribution in [0.1, 0.15) is 54.4 Å². The van der Waals surface area contributed by atoms with Crippen molar-refractivity contribution >= 4 is 5.91 Å². The van der Waals surface area contributed by atoms with Crippen LogP contribution < -0.4 is 5.32 Å². The number of hydrogen-bond donors (Lipinski definition) is 1. The predicted molar refractivity (Wildman–Crippen MR) is 109 cm³/mol. The molecule has 152 valence electrons. The second-order valence-corrected chi connectivity index (χ2v) is 9.23. The summed E-state index contributed by atoms with van der Waals surface area (Å²) in [5.41, 5.74) is -0.214. The monoisotopic (exact) mass is 366 g/mol. The first-order valence-electron chi connectivity index (χ1n) is 10.8. The number of piperazine rings is 1. The Kier molecular flexibility index (Phi) is 7.92. The van der Waals surface area contributed by atoms with Gasteiger partial charge in [-0.25, -0.2) is 0 Å². The van der Waals surface area contributed by atoms with Crippen LogP contribution in [0.3, 0.4) is 0 Å². The van der Waals surface area contributed by atoms with Gasteiger partial charge in [0.1, 0.15) is 0 Å². The average Bonchev–Trinajstić information content (AvgIpc) is 2.60. The molecule has 0 aliphatic carbocycles. The molecule has 1 unspecified atom stereocenters. The number of nitrogens with zero attached hydrogens (tertiary/aromatic N) is 3. The maximum Gasteiger partial charge on any atom is 0.227 e. The zero-order chi connectivity index (χ0) is 19.3. The number of carbonyl (C=O) groups is 1. The molecule has 0 aromatic carbocycles. The van der Waals surface area contributed by atoms with Crippen molar-refractivity contribution in [2.24, 2.45) is 11.3 Å². The SMILES string of the molecule is CCN1CCN(CC2(C(=O)NCC(C)C)CCN(C(C)C)CC2)CC1C. The summed E-state index contributed by atoms with van der Waals surface area (Å²) >= 11 is 0. The van der Waals surface area contributed by atoms with Crippen molar-refractivity contribution in [2.75, 3.05) is 52.4 Å². The topological polar surface area (TPSA) is 38.8 Å². The average molecular weight is 367 g/mol. The Labute approximate surface area is 161 Å². The lowest BCUT2D eigenvalue weighted by molar-refractivity contribution is -0.136. The lowest BCUT2D eigenvalue weighted by atomic mass is 9.76. The number of rotatable bonds is 7. The van der Waals surface area contributed by atoms with Crippen LogP contribution in [-0.4, -0.2) is 85.0 Å². The van der Waals surface area contributed by atoms with E-state index in [1.807, 2.05) is 0 Å². The van der Waals surface area contributed by atoms with Gasteiger partial charge in [0.25, 0.3) is 0 Å². The summed E-state index contributed by atoms with van der Waals surface area (Å²) in [6.07, 6.45) is 1.97. The Morgan fingerprint density at radius 2 is 1.77 bits per heavy atom. The summed E-state index contributed by atoms with van der Waals surface area (Å²) in [7, 11) is 0. The fourth-order valence-corrected chi connectivity index (χ4v) is 4.52. The van der Waals surface area contributed by atoms with E-state index >= 15 is 0 Å². The van der Waals surface area contributed by atoms with Crippen molar-refractivity contribution in [2.45, 2.75) is 66.5 Å². The highest BCUT2D eigenvalue weighted by Gasteiger charge is 2.43. The highest BCUT2D eigenvalue weighted by molar-refractivity contribution is 5.83. The quantitative estimate of drug-likeness (QED) is 0.750. The minimum absolute atomic E-state index is 0.214. The summed E-state index contributed by atoms with van der Waals surface area (Å²) in [4.78, 5) is 20.8. The molecule has 1 atom stereocenters. The summed E-state index contributed by atoms with van der Waals surface area (Å²) < 4.78 is 0. The third-order valence-electron chi connectivity index (χ3n) is 6.42. The summed E-state index contributed by atoms with van der Waals surface area (Å²) in [5, 5.41) is 3.26.